The van der Waals surface area contributed by atoms with Gasteiger partial charge in [-0.3, -0.25) is 14.7 Å². The van der Waals surface area contributed by atoms with Crippen LogP contribution >= 0.6 is 0 Å². The van der Waals surface area contributed by atoms with Crippen LogP contribution in [0, 0.1) is 0 Å². The van der Waals surface area contributed by atoms with Crippen molar-refractivity contribution in [2.45, 2.75) is 19.6 Å². The molecule has 7 nitrogen and oxygen atoms in total. The van der Waals surface area contributed by atoms with Crippen molar-refractivity contribution in [1.29, 1.82) is 0 Å². The summed E-state index contributed by atoms with van der Waals surface area (Å²) < 4.78 is 16.6. The van der Waals surface area contributed by atoms with Gasteiger partial charge in [-0.25, -0.2) is 0 Å². The normalized spacial score (nSPS) is 15.8. The molecule has 1 amide bonds. The van der Waals surface area contributed by atoms with E-state index in [4.69, 9.17) is 14.2 Å². The van der Waals surface area contributed by atoms with Crippen LogP contribution in [0.1, 0.15) is 12.5 Å². The molecule has 0 aliphatic carbocycles. The van der Waals surface area contributed by atoms with Crippen LogP contribution in [-0.2, 0) is 16.1 Å². The minimum atomic E-state index is -0.225. The number of carbonyl (C=O) groups is 1. The molecule has 1 saturated heterocycles. The van der Waals surface area contributed by atoms with Crippen molar-refractivity contribution in [3.8, 4) is 11.5 Å². The highest BCUT2D eigenvalue weighted by molar-refractivity contribution is 5.94. The maximum absolute atomic E-state index is 12.6. The highest BCUT2D eigenvalue weighted by atomic mass is 16.5. The van der Waals surface area contributed by atoms with Crippen LogP contribution in [0.5, 0.6) is 11.5 Å². The van der Waals surface area contributed by atoms with E-state index in [1.807, 2.05) is 25.1 Å². The maximum atomic E-state index is 12.6. The second-order valence-corrected chi connectivity index (χ2v) is 6.32. The number of nitrogens with zero attached hydrogens (tertiary/aromatic N) is 2. The van der Waals surface area contributed by atoms with Crippen molar-refractivity contribution in [3.05, 3.63) is 48.3 Å². The molecule has 27 heavy (non-hydrogen) atoms. The Bertz CT molecular complexity index is 748. The van der Waals surface area contributed by atoms with Gasteiger partial charge in [0.15, 0.2) is 11.5 Å². The van der Waals surface area contributed by atoms with Crippen LogP contribution < -0.4 is 14.8 Å². The van der Waals surface area contributed by atoms with Gasteiger partial charge in [-0.2, -0.15) is 0 Å². The Labute approximate surface area is 159 Å². The summed E-state index contributed by atoms with van der Waals surface area (Å²) in [6, 6.07) is 8.94. The molecule has 1 aliphatic rings. The first-order valence-electron chi connectivity index (χ1n) is 9.00. The van der Waals surface area contributed by atoms with Gasteiger partial charge in [0, 0.05) is 37.2 Å². The lowest BCUT2D eigenvalue weighted by Crippen LogP contribution is -2.47. The average Bonchev–Trinajstić information content (AvgIpc) is 2.73. The van der Waals surface area contributed by atoms with Crippen molar-refractivity contribution < 1.29 is 19.0 Å². The van der Waals surface area contributed by atoms with Crippen LogP contribution in [0.25, 0.3) is 0 Å². The highest BCUT2D eigenvalue weighted by Gasteiger charge is 2.23. The molecule has 2 heterocycles. The summed E-state index contributed by atoms with van der Waals surface area (Å²) in [7, 11) is 1.59. The molecule has 1 fully saturated rings. The van der Waals surface area contributed by atoms with Crippen LogP contribution in [-0.4, -0.2) is 55.2 Å². The van der Waals surface area contributed by atoms with E-state index in [-0.39, 0.29) is 11.9 Å². The van der Waals surface area contributed by atoms with Crippen molar-refractivity contribution in [1.82, 2.24) is 9.88 Å². The number of rotatable bonds is 7. The lowest BCUT2D eigenvalue weighted by Gasteiger charge is -2.31. The van der Waals surface area contributed by atoms with Gasteiger partial charge >= 0.3 is 0 Å². The number of methoxy groups -OCH3 is 1. The number of benzene rings is 1. The number of carbonyl (C=O) groups excluding carboxylic acids is 1. The largest absolute Gasteiger partial charge is 0.493 e. The minimum absolute atomic E-state index is 0.0536. The van der Waals surface area contributed by atoms with Crippen LogP contribution in [0.2, 0.25) is 0 Å². The Hall–Kier alpha value is -2.64. The number of ether oxygens (including phenoxy) is 3. The quantitative estimate of drug-likeness (QED) is 0.805. The fourth-order valence-corrected chi connectivity index (χ4v) is 2.88. The third kappa shape index (κ3) is 5.18. The zero-order chi connectivity index (χ0) is 19.1. The summed E-state index contributed by atoms with van der Waals surface area (Å²) in [5.41, 5.74) is 1.67. The van der Waals surface area contributed by atoms with E-state index >= 15 is 0 Å². The molecule has 7 heteroatoms. The van der Waals surface area contributed by atoms with Crippen LogP contribution in [0.15, 0.2) is 42.7 Å². The fourth-order valence-electron chi connectivity index (χ4n) is 2.88. The SMILES string of the molecule is COc1ccc(NC(=O)C(C)N2CCOCC2)cc1OCc1ccncc1. The van der Waals surface area contributed by atoms with Gasteiger partial charge in [0.25, 0.3) is 0 Å². The Kier molecular flexibility index (Phi) is 6.62. The third-order valence-corrected chi connectivity index (χ3v) is 4.55. The number of hydrogen-bond acceptors (Lipinski definition) is 6. The summed E-state index contributed by atoms with van der Waals surface area (Å²) >= 11 is 0. The van der Waals surface area contributed by atoms with Gasteiger partial charge in [0.1, 0.15) is 6.61 Å². The van der Waals surface area contributed by atoms with E-state index in [0.717, 1.165) is 18.7 Å². The molecule has 144 valence electrons. The average molecular weight is 371 g/mol. The molecule has 1 N–H and O–H groups in total. The van der Waals surface area contributed by atoms with Crippen molar-refractivity contribution in [3.63, 3.8) is 0 Å². The predicted octanol–water partition coefficient (Wildman–Crippen LogP) is 2.33. The Morgan fingerprint density at radius 1 is 1.22 bits per heavy atom. The highest BCUT2D eigenvalue weighted by Crippen LogP contribution is 2.31. The molecule has 0 saturated carbocycles. The molecule has 1 aliphatic heterocycles. The van der Waals surface area contributed by atoms with Gasteiger partial charge in [-0.1, -0.05) is 0 Å². The number of aromatic nitrogens is 1. The molecule has 1 atom stereocenters. The topological polar surface area (TPSA) is 72.9 Å². The summed E-state index contributed by atoms with van der Waals surface area (Å²) in [5, 5.41) is 2.96. The second kappa shape index (κ2) is 9.34. The van der Waals surface area contributed by atoms with Crippen molar-refractivity contribution in [2.24, 2.45) is 0 Å². The first-order chi connectivity index (χ1) is 13.2. The number of amides is 1. The first-order valence-corrected chi connectivity index (χ1v) is 9.00. The van der Waals surface area contributed by atoms with Gasteiger partial charge in [-0.15, -0.1) is 0 Å². The van der Waals surface area contributed by atoms with Crippen LogP contribution in [0.3, 0.4) is 0 Å². The summed E-state index contributed by atoms with van der Waals surface area (Å²) in [6.07, 6.45) is 3.44. The maximum Gasteiger partial charge on any atom is 0.241 e. The number of hydrogen-bond donors (Lipinski definition) is 1. The summed E-state index contributed by atoms with van der Waals surface area (Å²) in [4.78, 5) is 18.7. The monoisotopic (exact) mass is 371 g/mol. The van der Waals surface area contributed by atoms with E-state index in [2.05, 4.69) is 15.2 Å². The summed E-state index contributed by atoms with van der Waals surface area (Å²) in [5.74, 6) is 1.14. The number of anilines is 1. The Morgan fingerprint density at radius 2 is 1.96 bits per heavy atom. The minimum Gasteiger partial charge on any atom is -0.493 e. The van der Waals surface area contributed by atoms with Gasteiger partial charge in [0.05, 0.1) is 26.4 Å². The molecular formula is C20H25N3O4. The van der Waals surface area contributed by atoms with Gasteiger partial charge < -0.3 is 19.5 Å². The molecule has 0 radical (unpaired) electrons. The number of nitrogens with one attached hydrogen (secondary N) is 1. The Morgan fingerprint density at radius 3 is 2.67 bits per heavy atom. The zero-order valence-corrected chi connectivity index (χ0v) is 15.7. The van der Waals surface area contributed by atoms with Crippen molar-refractivity contribution >= 4 is 11.6 Å². The van der Waals surface area contributed by atoms with E-state index in [0.29, 0.717) is 37.0 Å². The van der Waals surface area contributed by atoms with Gasteiger partial charge in [0.2, 0.25) is 5.91 Å². The third-order valence-electron chi connectivity index (χ3n) is 4.55. The molecule has 1 aromatic carbocycles. The van der Waals surface area contributed by atoms with E-state index in [9.17, 15) is 4.79 Å². The van der Waals surface area contributed by atoms with Crippen molar-refractivity contribution in [2.75, 3.05) is 38.7 Å². The zero-order valence-electron chi connectivity index (χ0n) is 15.7. The molecule has 0 spiro atoms. The van der Waals surface area contributed by atoms with E-state index in [1.54, 1.807) is 31.6 Å². The lowest BCUT2D eigenvalue weighted by molar-refractivity contribution is -0.122. The lowest BCUT2D eigenvalue weighted by atomic mass is 10.2. The molecule has 2 aromatic rings. The smallest absolute Gasteiger partial charge is 0.241 e. The first kappa shape index (κ1) is 19.1. The molecule has 1 aromatic heterocycles. The van der Waals surface area contributed by atoms with E-state index in [1.165, 1.54) is 0 Å². The van der Waals surface area contributed by atoms with E-state index < -0.39 is 0 Å². The fraction of sp³-hybridized carbons (Fsp3) is 0.400. The number of morpholine rings is 1. The second-order valence-electron chi connectivity index (χ2n) is 6.32. The molecule has 1 unspecified atom stereocenters. The Balaban J connectivity index is 1.65. The predicted molar refractivity (Wildman–Crippen MR) is 102 cm³/mol. The molecule has 3 rings (SSSR count). The van der Waals surface area contributed by atoms with Gasteiger partial charge in [-0.05, 0) is 36.8 Å². The molecule has 0 bridgehead atoms. The summed E-state index contributed by atoms with van der Waals surface area (Å²) in [6.45, 7) is 5.14. The standard InChI is InChI=1S/C20H25N3O4/c1-15(23-9-11-26-12-10-23)20(24)22-17-3-4-18(25-2)19(13-17)27-14-16-5-7-21-8-6-16/h3-8,13,15H,9-12,14H2,1-2H3,(H,22,24). The number of pyridine rings is 1. The molecular weight excluding hydrogens is 346 g/mol. The van der Waals surface area contributed by atoms with Crippen LogP contribution in [0.4, 0.5) is 5.69 Å².